The second kappa shape index (κ2) is 8.75. The third-order valence-corrected chi connectivity index (χ3v) is 4.13. The van der Waals surface area contributed by atoms with Crippen molar-refractivity contribution in [3.8, 4) is 5.75 Å². The van der Waals surface area contributed by atoms with Gasteiger partial charge in [-0.15, -0.1) is 6.58 Å². The minimum absolute atomic E-state index is 0.126. The third-order valence-electron chi connectivity index (χ3n) is 3.63. The van der Waals surface area contributed by atoms with Crippen LogP contribution in [0.15, 0.2) is 65.7 Å². The van der Waals surface area contributed by atoms with Crippen LogP contribution in [0, 0.1) is 0 Å². The van der Waals surface area contributed by atoms with Crippen molar-refractivity contribution >= 4 is 34.9 Å². The SMILES string of the molecule is C=CCc1ccccc1OCc1ccc(C(=O)Nc2ncc(Cl)cc2Cl)o1. The second-order valence-electron chi connectivity index (χ2n) is 5.59. The predicted octanol–water partition coefficient (Wildman–Crippen LogP) is 5.54. The fraction of sp³-hybridized carbons (Fsp3) is 0.100. The van der Waals surface area contributed by atoms with Crippen LogP contribution in [0.5, 0.6) is 5.75 Å². The number of nitrogens with one attached hydrogen (secondary N) is 1. The lowest BCUT2D eigenvalue weighted by Gasteiger charge is -2.09. The van der Waals surface area contributed by atoms with Gasteiger partial charge in [0.25, 0.3) is 5.91 Å². The van der Waals surface area contributed by atoms with Crippen LogP contribution in [0.2, 0.25) is 10.0 Å². The van der Waals surface area contributed by atoms with Gasteiger partial charge >= 0.3 is 0 Å². The molecule has 0 atom stereocenters. The molecule has 3 aromatic rings. The van der Waals surface area contributed by atoms with Crippen LogP contribution in [0.1, 0.15) is 21.9 Å². The van der Waals surface area contributed by atoms with Crippen LogP contribution in [-0.2, 0) is 13.0 Å². The lowest BCUT2D eigenvalue weighted by Crippen LogP contribution is -2.12. The molecule has 1 N–H and O–H groups in total. The maximum Gasteiger partial charge on any atom is 0.292 e. The summed E-state index contributed by atoms with van der Waals surface area (Å²) in [6.07, 6.45) is 3.91. The molecule has 5 nitrogen and oxygen atoms in total. The van der Waals surface area contributed by atoms with E-state index in [0.29, 0.717) is 17.2 Å². The van der Waals surface area contributed by atoms with Crippen molar-refractivity contribution in [3.05, 3.63) is 88.4 Å². The quantitative estimate of drug-likeness (QED) is 0.526. The lowest BCUT2D eigenvalue weighted by molar-refractivity contribution is 0.0992. The number of furan rings is 1. The standard InChI is InChI=1S/C20H16Cl2N2O3/c1-2-5-13-6-3-4-7-17(13)26-12-15-8-9-18(27-15)20(25)24-19-16(22)10-14(21)11-23-19/h2-4,6-11H,1,5,12H2,(H,23,24,25). The molecule has 0 unspecified atom stereocenters. The van der Waals surface area contributed by atoms with Gasteiger partial charge in [0.15, 0.2) is 11.6 Å². The summed E-state index contributed by atoms with van der Waals surface area (Å²) < 4.78 is 11.3. The fourth-order valence-corrected chi connectivity index (χ4v) is 2.80. The molecule has 7 heteroatoms. The van der Waals surface area contributed by atoms with Gasteiger partial charge in [0.1, 0.15) is 18.1 Å². The molecule has 0 bridgehead atoms. The predicted molar refractivity (Wildman–Crippen MR) is 106 cm³/mol. The smallest absolute Gasteiger partial charge is 0.292 e. The summed E-state index contributed by atoms with van der Waals surface area (Å²) >= 11 is 11.8. The normalized spacial score (nSPS) is 10.4. The Morgan fingerprint density at radius 2 is 2.07 bits per heavy atom. The summed E-state index contributed by atoms with van der Waals surface area (Å²) in [7, 11) is 0. The Balaban J connectivity index is 1.64. The molecular formula is C20H16Cl2N2O3. The van der Waals surface area contributed by atoms with Crippen LogP contribution in [-0.4, -0.2) is 10.9 Å². The summed E-state index contributed by atoms with van der Waals surface area (Å²) in [5.74, 6) is 1.13. The summed E-state index contributed by atoms with van der Waals surface area (Å²) in [6, 6.07) is 12.4. The van der Waals surface area contributed by atoms with E-state index in [1.165, 1.54) is 12.3 Å². The lowest BCUT2D eigenvalue weighted by atomic mass is 10.1. The molecule has 3 rings (SSSR count). The van der Waals surface area contributed by atoms with Crippen LogP contribution in [0.3, 0.4) is 0 Å². The number of rotatable bonds is 7. The highest BCUT2D eigenvalue weighted by Crippen LogP contribution is 2.24. The highest BCUT2D eigenvalue weighted by atomic mass is 35.5. The topological polar surface area (TPSA) is 64.4 Å². The van der Waals surface area contributed by atoms with E-state index in [0.717, 1.165) is 11.3 Å². The number of ether oxygens (including phenoxy) is 1. The van der Waals surface area contributed by atoms with Crippen molar-refractivity contribution in [2.75, 3.05) is 5.32 Å². The molecule has 0 saturated carbocycles. The Kier molecular flexibility index (Phi) is 6.16. The van der Waals surface area contributed by atoms with Gasteiger partial charge in [0.2, 0.25) is 0 Å². The molecule has 1 aromatic carbocycles. The largest absolute Gasteiger partial charge is 0.485 e. The van der Waals surface area contributed by atoms with E-state index in [-0.39, 0.29) is 23.2 Å². The number of amides is 1. The number of hydrogen-bond donors (Lipinski definition) is 1. The first-order valence-electron chi connectivity index (χ1n) is 8.09. The van der Waals surface area contributed by atoms with Crippen LogP contribution in [0.25, 0.3) is 0 Å². The molecule has 2 aromatic heterocycles. The molecular weight excluding hydrogens is 387 g/mol. The summed E-state index contributed by atoms with van der Waals surface area (Å²) in [5, 5.41) is 3.20. The first kappa shape index (κ1) is 19.0. The number of pyridine rings is 1. The number of para-hydroxylation sites is 1. The molecule has 27 heavy (non-hydrogen) atoms. The number of allylic oxidation sites excluding steroid dienone is 1. The molecule has 0 aliphatic carbocycles. The van der Waals surface area contributed by atoms with Crippen molar-refractivity contribution in [3.63, 3.8) is 0 Å². The average molecular weight is 403 g/mol. The van der Waals surface area contributed by atoms with E-state index in [1.807, 2.05) is 30.3 Å². The van der Waals surface area contributed by atoms with E-state index in [9.17, 15) is 4.79 Å². The highest BCUT2D eigenvalue weighted by molar-refractivity contribution is 6.36. The number of carbonyl (C=O) groups excluding carboxylic acids is 1. The monoisotopic (exact) mass is 402 g/mol. The number of hydrogen-bond acceptors (Lipinski definition) is 4. The number of aromatic nitrogens is 1. The van der Waals surface area contributed by atoms with Gasteiger partial charge < -0.3 is 14.5 Å². The van der Waals surface area contributed by atoms with Gasteiger partial charge in [-0.25, -0.2) is 4.98 Å². The maximum atomic E-state index is 12.3. The first-order valence-corrected chi connectivity index (χ1v) is 8.85. The van der Waals surface area contributed by atoms with Gasteiger partial charge in [-0.2, -0.15) is 0 Å². The molecule has 0 saturated heterocycles. The molecule has 0 aliphatic rings. The molecule has 0 aliphatic heterocycles. The van der Waals surface area contributed by atoms with Gasteiger partial charge in [-0.3, -0.25) is 4.79 Å². The van der Waals surface area contributed by atoms with E-state index in [4.69, 9.17) is 32.4 Å². The maximum absolute atomic E-state index is 12.3. The van der Waals surface area contributed by atoms with Crippen molar-refractivity contribution in [1.82, 2.24) is 4.98 Å². The van der Waals surface area contributed by atoms with Crippen molar-refractivity contribution < 1.29 is 13.9 Å². The van der Waals surface area contributed by atoms with Crippen LogP contribution in [0.4, 0.5) is 5.82 Å². The number of anilines is 1. The number of halogens is 2. The summed E-state index contributed by atoms with van der Waals surface area (Å²) in [4.78, 5) is 16.3. The summed E-state index contributed by atoms with van der Waals surface area (Å²) in [6.45, 7) is 3.94. The summed E-state index contributed by atoms with van der Waals surface area (Å²) in [5.41, 5.74) is 1.03. The van der Waals surface area contributed by atoms with Gasteiger partial charge in [-0.05, 0) is 36.2 Å². The van der Waals surface area contributed by atoms with Gasteiger partial charge in [-0.1, -0.05) is 47.5 Å². The van der Waals surface area contributed by atoms with Crippen LogP contribution >= 0.6 is 23.2 Å². The zero-order chi connectivity index (χ0) is 19.2. The van der Waals surface area contributed by atoms with Crippen molar-refractivity contribution in [2.45, 2.75) is 13.0 Å². The zero-order valence-electron chi connectivity index (χ0n) is 14.2. The minimum atomic E-state index is -0.468. The Hall–Kier alpha value is -2.76. The van der Waals surface area contributed by atoms with E-state index in [2.05, 4.69) is 16.9 Å². The highest BCUT2D eigenvalue weighted by Gasteiger charge is 2.14. The molecule has 2 heterocycles. The fourth-order valence-electron chi connectivity index (χ4n) is 2.37. The first-order chi connectivity index (χ1) is 13.1. The Labute approximate surface area is 166 Å². The number of carbonyl (C=O) groups is 1. The third kappa shape index (κ3) is 4.90. The van der Waals surface area contributed by atoms with E-state index < -0.39 is 5.91 Å². The number of nitrogens with zero attached hydrogens (tertiary/aromatic N) is 1. The molecule has 0 spiro atoms. The van der Waals surface area contributed by atoms with E-state index >= 15 is 0 Å². The molecule has 1 amide bonds. The molecule has 0 fully saturated rings. The second-order valence-corrected chi connectivity index (χ2v) is 6.44. The van der Waals surface area contributed by atoms with Gasteiger partial charge in [0, 0.05) is 6.20 Å². The Bertz CT molecular complexity index is 969. The zero-order valence-corrected chi connectivity index (χ0v) is 15.8. The number of benzene rings is 1. The Morgan fingerprint density at radius 1 is 1.26 bits per heavy atom. The van der Waals surface area contributed by atoms with E-state index in [1.54, 1.807) is 12.1 Å². The molecule has 138 valence electrons. The van der Waals surface area contributed by atoms with Crippen molar-refractivity contribution in [1.29, 1.82) is 0 Å². The van der Waals surface area contributed by atoms with Crippen LogP contribution < -0.4 is 10.1 Å². The minimum Gasteiger partial charge on any atom is -0.485 e. The van der Waals surface area contributed by atoms with Crippen molar-refractivity contribution in [2.24, 2.45) is 0 Å². The molecule has 0 radical (unpaired) electrons. The average Bonchev–Trinajstić information content (AvgIpc) is 3.13. The Morgan fingerprint density at radius 3 is 2.85 bits per heavy atom. The van der Waals surface area contributed by atoms with Gasteiger partial charge in [0.05, 0.1) is 10.0 Å².